The first-order valence-corrected chi connectivity index (χ1v) is 9.35. The minimum Gasteiger partial charge on any atom is -0.443 e. The van der Waals surface area contributed by atoms with Crippen molar-refractivity contribution in [3.8, 4) is 11.1 Å². The molecule has 1 atom stereocenters. The van der Waals surface area contributed by atoms with E-state index in [0.29, 0.717) is 37.3 Å². The monoisotopic (exact) mass is 394 g/mol. The van der Waals surface area contributed by atoms with Crippen molar-refractivity contribution in [2.75, 3.05) is 30.5 Å². The van der Waals surface area contributed by atoms with Gasteiger partial charge in [-0.25, -0.2) is 9.18 Å². The van der Waals surface area contributed by atoms with Gasteiger partial charge in [0, 0.05) is 12.1 Å². The van der Waals surface area contributed by atoms with Crippen LogP contribution in [0.4, 0.5) is 19.3 Å². The van der Waals surface area contributed by atoms with Crippen LogP contribution in [0.2, 0.25) is 0 Å². The van der Waals surface area contributed by atoms with Crippen LogP contribution in [0.15, 0.2) is 42.5 Å². The summed E-state index contributed by atoms with van der Waals surface area (Å²) in [7, 11) is 0. The average Bonchev–Trinajstić information content (AvgIpc) is 3.07. The Morgan fingerprint density at radius 2 is 2.00 bits per heavy atom. The Labute approximate surface area is 162 Å². The Morgan fingerprint density at radius 3 is 2.63 bits per heavy atom. The Bertz CT molecular complexity index is 786. The molecule has 0 radical (unpaired) electrons. The fourth-order valence-corrected chi connectivity index (χ4v) is 3.11. The van der Waals surface area contributed by atoms with E-state index in [4.69, 9.17) is 16.3 Å². The molecule has 0 aromatic heterocycles. The molecule has 1 aliphatic rings. The molecule has 2 aromatic rings. The molecule has 1 heterocycles. The second-order valence-electron chi connectivity index (χ2n) is 6.35. The van der Waals surface area contributed by atoms with Gasteiger partial charge >= 0.3 is 6.09 Å². The molecule has 1 fully saturated rings. The molecule has 0 spiro atoms. The van der Waals surface area contributed by atoms with Crippen LogP contribution in [0, 0.1) is 5.82 Å². The smallest absolute Gasteiger partial charge is 0.414 e. The zero-order valence-electron chi connectivity index (χ0n) is 14.8. The summed E-state index contributed by atoms with van der Waals surface area (Å²) in [6.45, 7) is 1.24. The standard InChI is InChI=1S/C20H21ClF2N2O2/c21-11-17-13-25(20(26)27-17)16-6-7-18(19(23)10-16)15-4-2-14(3-5-15)12-24-9-1-8-22/h2-7,10,17,24H,1,8-9,11-13H2/t17-/m0/s1. The van der Waals surface area contributed by atoms with E-state index in [1.165, 1.54) is 11.0 Å². The van der Waals surface area contributed by atoms with Gasteiger partial charge in [0.15, 0.2) is 0 Å². The first kappa shape index (κ1) is 19.6. The molecule has 1 aliphatic heterocycles. The predicted molar refractivity (Wildman–Crippen MR) is 102 cm³/mol. The summed E-state index contributed by atoms with van der Waals surface area (Å²) in [5, 5.41) is 3.15. The number of nitrogens with zero attached hydrogens (tertiary/aromatic N) is 1. The lowest BCUT2D eigenvalue weighted by Gasteiger charge is -2.14. The maximum Gasteiger partial charge on any atom is 0.414 e. The van der Waals surface area contributed by atoms with Crippen LogP contribution in [0.3, 0.4) is 0 Å². The van der Waals surface area contributed by atoms with E-state index >= 15 is 0 Å². The van der Waals surface area contributed by atoms with Gasteiger partial charge in [-0.2, -0.15) is 0 Å². The lowest BCUT2D eigenvalue weighted by Crippen LogP contribution is -2.24. The molecule has 1 N–H and O–H groups in total. The summed E-state index contributed by atoms with van der Waals surface area (Å²) < 4.78 is 31.8. The fourth-order valence-electron chi connectivity index (χ4n) is 2.95. The van der Waals surface area contributed by atoms with Crippen LogP contribution in [0.1, 0.15) is 12.0 Å². The van der Waals surface area contributed by atoms with E-state index in [-0.39, 0.29) is 18.7 Å². The van der Waals surface area contributed by atoms with Gasteiger partial charge in [0.25, 0.3) is 0 Å². The van der Waals surface area contributed by atoms with Crippen LogP contribution < -0.4 is 10.2 Å². The van der Waals surface area contributed by atoms with Crippen molar-refractivity contribution in [3.05, 3.63) is 53.8 Å². The van der Waals surface area contributed by atoms with E-state index in [0.717, 1.165) is 11.1 Å². The Hall–Kier alpha value is -2.18. The minimum absolute atomic E-state index is 0.206. The number of nitrogens with one attached hydrogen (secondary N) is 1. The molecule has 3 rings (SSSR count). The van der Waals surface area contributed by atoms with E-state index in [2.05, 4.69) is 5.32 Å². The number of halogens is 3. The normalized spacial score (nSPS) is 16.6. The maximum absolute atomic E-state index is 14.6. The molecule has 0 saturated carbocycles. The van der Waals surface area contributed by atoms with Gasteiger partial charge in [-0.3, -0.25) is 9.29 Å². The minimum atomic E-state index is -0.516. The Kier molecular flexibility index (Phi) is 6.63. The van der Waals surface area contributed by atoms with Gasteiger partial charge in [0.05, 0.1) is 24.8 Å². The molecule has 2 aromatic carbocycles. The lowest BCUT2D eigenvalue weighted by molar-refractivity contribution is 0.151. The molecule has 7 heteroatoms. The Morgan fingerprint density at radius 1 is 1.22 bits per heavy atom. The molecule has 1 amide bonds. The third-order valence-corrected chi connectivity index (χ3v) is 4.74. The largest absolute Gasteiger partial charge is 0.443 e. The molecular formula is C20H21ClF2N2O2. The number of carbonyl (C=O) groups excluding carboxylic acids is 1. The number of ether oxygens (including phenoxy) is 1. The van der Waals surface area contributed by atoms with Gasteiger partial charge in [0.2, 0.25) is 0 Å². The second kappa shape index (κ2) is 9.15. The first-order valence-electron chi connectivity index (χ1n) is 8.82. The van der Waals surface area contributed by atoms with Crippen molar-refractivity contribution in [2.45, 2.75) is 19.1 Å². The molecular weight excluding hydrogens is 374 g/mol. The number of rotatable bonds is 8. The topological polar surface area (TPSA) is 41.6 Å². The summed E-state index contributed by atoms with van der Waals surface area (Å²) in [6, 6.07) is 12.2. The molecule has 144 valence electrons. The van der Waals surface area contributed by atoms with Crippen LogP contribution in [-0.4, -0.2) is 37.8 Å². The highest BCUT2D eigenvalue weighted by Crippen LogP contribution is 2.29. The van der Waals surface area contributed by atoms with Crippen molar-refractivity contribution in [2.24, 2.45) is 0 Å². The number of hydrogen-bond donors (Lipinski definition) is 1. The van der Waals surface area contributed by atoms with Crippen molar-refractivity contribution >= 4 is 23.4 Å². The van der Waals surface area contributed by atoms with Crippen LogP contribution in [0.5, 0.6) is 0 Å². The van der Waals surface area contributed by atoms with Gasteiger partial charge in [-0.15, -0.1) is 11.6 Å². The highest BCUT2D eigenvalue weighted by atomic mass is 35.5. The first-order chi connectivity index (χ1) is 13.1. The van der Waals surface area contributed by atoms with Crippen LogP contribution in [-0.2, 0) is 11.3 Å². The van der Waals surface area contributed by atoms with E-state index < -0.39 is 11.9 Å². The zero-order chi connectivity index (χ0) is 19.2. The molecule has 0 aliphatic carbocycles. The average molecular weight is 395 g/mol. The Balaban J connectivity index is 1.69. The number of cyclic esters (lactones) is 1. The summed E-state index contributed by atoms with van der Waals surface area (Å²) in [4.78, 5) is 13.3. The third kappa shape index (κ3) is 4.76. The highest BCUT2D eigenvalue weighted by molar-refractivity contribution is 6.18. The number of hydrogen-bond acceptors (Lipinski definition) is 3. The summed E-state index contributed by atoms with van der Waals surface area (Å²) >= 11 is 5.72. The zero-order valence-corrected chi connectivity index (χ0v) is 15.5. The summed E-state index contributed by atoms with van der Waals surface area (Å²) in [5.74, 6) is -0.207. The van der Waals surface area contributed by atoms with Crippen molar-refractivity contribution in [3.63, 3.8) is 0 Å². The number of amides is 1. The number of carbonyl (C=O) groups is 1. The van der Waals surface area contributed by atoms with Gasteiger partial charge in [-0.05, 0) is 42.3 Å². The van der Waals surface area contributed by atoms with Gasteiger partial charge < -0.3 is 10.1 Å². The van der Waals surface area contributed by atoms with Gasteiger partial charge in [0.1, 0.15) is 11.9 Å². The van der Waals surface area contributed by atoms with E-state index in [1.54, 1.807) is 12.1 Å². The number of benzene rings is 2. The fraction of sp³-hybridized carbons (Fsp3) is 0.350. The summed E-state index contributed by atoms with van der Waals surface area (Å²) in [5.41, 5.74) is 2.69. The molecule has 4 nitrogen and oxygen atoms in total. The third-order valence-electron chi connectivity index (χ3n) is 4.39. The number of anilines is 1. The van der Waals surface area contributed by atoms with Crippen molar-refractivity contribution < 1.29 is 18.3 Å². The van der Waals surface area contributed by atoms with Crippen molar-refractivity contribution in [1.82, 2.24) is 5.32 Å². The summed E-state index contributed by atoms with van der Waals surface area (Å²) in [6.07, 6.45) is -0.406. The second-order valence-corrected chi connectivity index (χ2v) is 6.66. The molecule has 0 bridgehead atoms. The van der Waals surface area contributed by atoms with Crippen LogP contribution >= 0.6 is 11.6 Å². The quantitative estimate of drug-likeness (QED) is 0.529. The van der Waals surface area contributed by atoms with E-state index in [9.17, 15) is 13.6 Å². The van der Waals surface area contributed by atoms with Gasteiger partial charge in [-0.1, -0.05) is 24.3 Å². The SMILES string of the molecule is O=C1O[C@@H](CCl)CN1c1ccc(-c2ccc(CNCCCF)cc2)c(F)c1. The molecule has 0 unspecified atom stereocenters. The lowest BCUT2D eigenvalue weighted by atomic mass is 10.0. The van der Waals surface area contributed by atoms with Crippen molar-refractivity contribution in [1.29, 1.82) is 0 Å². The van der Waals surface area contributed by atoms with E-state index in [1.807, 2.05) is 24.3 Å². The highest BCUT2D eigenvalue weighted by Gasteiger charge is 2.32. The molecule has 27 heavy (non-hydrogen) atoms. The van der Waals surface area contributed by atoms with Crippen LogP contribution in [0.25, 0.3) is 11.1 Å². The number of alkyl halides is 2. The maximum atomic E-state index is 14.6. The molecule has 1 saturated heterocycles. The predicted octanol–water partition coefficient (Wildman–Crippen LogP) is 4.51.